The van der Waals surface area contributed by atoms with Crippen LogP contribution in [0.15, 0.2) is 0 Å². The van der Waals surface area contributed by atoms with E-state index in [1.54, 1.807) is 0 Å². The Hall–Kier alpha value is -1.26. The molecule has 0 aromatic rings. The van der Waals surface area contributed by atoms with Crippen LogP contribution in [0.5, 0.6) is 0 Å². The van der Waals surface area contributed by atoms with Gasteiger partial charge in [0.2, 0.25) is 0 Å². The summed E-state index contributed by atoms with van der Waals surface area (Å²) in [6.45, 7) is 11.1. The molecule has 4 atom stereocenters. The summed E-state index contributed by atoms with van der Waals surface area (Å²) in [4.78, 5) is 18.2. The summed E-state index contributed by atoms with van der Waals surface area (Å²) < 4.78 is 23.2. The second kappa shape index (κ2) is 8.41. The van der Waals surface area contributed by atoms with Gasteiger partial charge in [-0.25, -0.2) is 9.59 Å². The molecule has 0 aromatic carbocycles. The second-order valence-corrected chi connectivity index (χ2v) is 7.44. The normalized spacial score (nSPS) is 30.3. The van der Waals surface area contributed by atoms with Gasteiger partial charge in [-0.15, -0.1) is 0 Å². The Balaban J connectivity index is 0.000000450. The topological polar surface area (TPSA) is 138 Å². The number of ether oxygens (including phenoxy) is 4. The Bertz CT molecular complexity index is 461. The fourth-order valence-electron chi connectivity index (χ4n) is 2.68. The van der Waals surface area contributed by atoms with Gasteiger partial charge in [0.15, 0.2) is 5.79 Å². The van der Waals surface area contributed by atoms with Crippen LogP contribution in [0.4, 0.5) is 0 Å². The first kappa shape index (κ1) is 21.8. The Morgan fingerprint density at radius 3 is 2.12 bits per heavy atom. The molecule has 1 saturated carbocycles. The number of carboxylic acid groups (broad SMARTS) is 2. The summed E-state index contributed by atoms with van der Waals surface area (Å²) in [6, 6.07) is -0.0136. The van der Waals surface area contributed by atoms with Crippen molar-refractivity contribution in [3.63, 3.8) is 0 Å². The summed E-state index contributed by atoms with van der Waals surface area (Å²) in [6.07, 6.45) is 0.675. The molecule has 0 spiro atoms. The van der Waals surface area contributed by atoms with Crippen molar-refractivity contribution in [3.05, 3.63) is 0 Å². The molecule has 1 heterocycles. The zero-order valence-corrected chi connectivity index (χ0v) is 15.4. The molecule has 1 aliphatic heterocycles. The van der Waals surface area contributed by atoms with Crippen LogP contribution in [-0.4, -0.2) is 71.1 Å². The van der Waals surface area contributed by atoms with Gasteiger partial charge in [-0.2, -0.15) is 0 Å². The molecule has 9 nitrogen and oxygen atoms in total. The first-order valence-electron chi connectivity index (χ1n) is 8.15. The highest BCUT2D eigenvalue weighted by Gasteiger charge is 2.53. The Kier molecular flexibility index (Phi) is 7.33. The van der Waals surface area contributed by atoms with E-state index in [-0.39, 0.29) is 30.0 Å². The number of hydrogen-bond acceptors (Lipinski definition) is 7. The molecule has 4 N–H and O–H groups in total. The van der Waals surface area contributed by atoms with Gasteiger partial charge < -0.3 is 34.9 Å². The molecule has 2 aliphatic rings. The lowest BCUT2D eigenvalue weighted by atomic mass is 10.2. The quantitative estimate of drug-likeness (QED) is 0.484. The van der Waals surface area contributed by atoms with Crippen LogP contribution in [0.1, 0.15) is 41.0 Å². The fourth-order valence-corrected chi connectivity index (χ4v) is 2.68. The third-order valence-electron chi connectivity index (χ3n) is 3.59. The Labute approximate surface area is 147 Å². The highest BCUT2D eigenvalue weighted by molar-refractivity contribution is 6.27. The predicted octanol–water partition coefficient (Wildman–Crippen LogP) is 0.593. The first-order valence-corrected chi connectivity index (χ1v) is 8.15. The summed E-state index contributed by atoms with van der Waals surface area (Å²) in [7, 11) is 0. The third kappa shape index (κ3) is 7.25. The first-order chi connectivity index (χ1) is 11.3. The van der Waals surface area contributed by atoms with Gasteiger partial charge in [-0.1, -0.05) is 0 Å². The van der Waals surface area contributed by atoms with Gasteiger partial charge in [0.1, 0.15) is 12.2 Å². The molecule has 1 saturated heterocycles. The molecule has 1 aliphatic carbocycles. The van der Waals surface area contributed by atoms with Gasteiger partial charge in [0, 0.05) is 6.04 Å². The van der Waals surface area contributed by atoms with E-state index < -0.39 is 17.7 Å². The summed E-state index contributed by atoms with van der Waals surface area (Å²) in [5, 5.41) is 14.8. The minimum Gasteiger partial charge on any atom is -0.473 e. The van der Waals surface area contributed by atoms with Gasteiger partial charge in [0.05, 0.1) is 24.9 Å². The largest absolute Gasteiger partial charge is 0.473 e. The van der Waals surface area contributed by atoms with Crippen LogP contribution in [0.25, 0.3) is 0 Å². The number of rotatable bonds is 4. The standard InChI is InChI=1S/C14H27NO4.C2H2O4/c1-13(2,3)17-7-6-16-10-8-9(15)11-12(10)19-14(4,5)18-11;3-1(4)2(5)6/h9-12H,6-8,15H2,1-5H3;(H,3,4)(H,5,6)/t9-,10+,11+,12-;/m1./s1. The van der Waals surface area contributed by atoms with Gasteiger partial charge in [0.25, 0.3) is 0 Å². The van der Waals surface area contributed by atoms with Crippen molar-refractivity contribution in [1.82, 2.24) is 0 Å². The maximum absolute atomic E-state index is 9.10. The van der Waals surface area contributed by atoms with E-state index in [2.05, 4.69) is 0 Å². The number of nitrogens with two attached hydrogens (primary N) is 1. The minimum absolute atomic E-state index is 0.00495. The molecule has 0 radical (unpaired) electrons. The maximum atomic E-state index is 9.10. The van der Waals surface area contributed by atoms with Crippen LogP contribution in [0, 0.1) is 0 Å². The SMILES string of the molecule is CC(C)(C)OCCO[C@H]1C[C@@H](N)[C@@H]2OC(C)(C)O[C@@H]21.O=C(O)C(=O)O. The lowest BCUT2D eigenvalue weighted by Gasteiger charge is -2.24. The molecule has 25 heavy (non-hydrogen) atoms. The van der Waals surface area contributed by atoms with Gasteiger partial charge in [-0.05, 0) is 41.0 Å². The lowest BCUT2D eigenvalue weighted by Crippen LogP contribution is -2.35. The highest BCUT2D eigenvalue weighted by atomic mass is 16.8. The van der Waals surface area contributed by atoms with Crippen molar-refractivity contribution in [1.29, 1.82) is 0 Å². The smallest absolute Gasteiger partial charge is 0.414 e. The molecule has 146 valence electrons. The maximum Gasteiger partial charge on any atom is 0.414 e. The van der Waals surface area contributed by atoms with Crippen molar-refractivity contribution >= 4 is 11.9 Å². The van der Waals surface area contributed by atoms with E-state index in [0.29, 0.717) is 13.2 Å². The third-order valence-corrected chi connectivity index (χ3v) is 3.59. The van der Waals surface area contributed by atoms with E-state index in [0.717, 1.165) is 6.42 Å². The molecule has 0 amide bonds. The monoisotopic (exact) mass is 363 g/mol. The number of fused-ring (bicyclic) bond motifs is 1. The summed E-state index contributed by atoms with van der Waals surface area (Å²) in [5.74, 6) is -4.21. The van der Waals surface area contributed by atoms with Crippen molar-refractivity contribution in [2.24, 2.45) is 5.73 Å². The second-order valence-electron chi connectivity index (χ2n) is 7.44. The van der Waals surface area contributed by atoms with Crippen LogP contribution >= 0.6 is 0 Å². The van der Waals surface area contributed by atoms with E-state index in [1.165, 1.54) is 0 Å². The average molecular weight is 363 g/mol. The zero-order chi connectivity index (χ0) is 19.4. The number of carboxylic acids is 2. The van der Waals surface area contributed by atoms with Crippen molar-refractivity contribution < 1.29 is 38.7 Å². The molecule has 0 unspecified atom stereocenters. The zero-order valence-electron chi connectivity index (χ0n) is 15.4. The van der Waals surface area contributed by atoms with Crippen LogP contribution < -0.4 is 5.73 Å². The molecular formula is C16H29NO8. The van der Waals surface area contributed by atoms with Crippen molar-refractivity contribution in [3.8, 4) is 0 Å². The summed E-state index contributed by atoms with van der Waals surface area (Å²) >= 11 is 0. The van der Waals surface area contributed by atoms with Crippen molar-refractivity contribution in [2.45, 2.75) is 76.8 Å². The lowest BCUT2D eigenvalue weighted by molar-refractivity contribution is -0.169. The fraction of sp³-hybridized carbons (Fsp3) is 0.875. The van der Waals surface area contributed by atoms with Crippen LogP contribution in [-0.2, 0) is 28.5 Å². The predicted molar refractivity (Wildman–Crippen MR) is 87.1 cm³/mol. The van der Waals surface area contributed by atoms with E-state index in [1.807, 2.05) is 34.6 Å². The number of aliphatic carboxylic acids is 2. The van der Waals surface area contributed by atoms with Gasteiger partial charge >= 0.3 is 11.9 Å². The Morgan fingerprint density at radius 1 is 1.12 bits per heavy atom. The van der Waals surface area contributed by atoms with Crippen LogP contribution in [0.3, 0.4) is 0 Å². The molecule has 0 bridgehead atoms. The molecule has 0 aromatic heterocycles. The Morgan fingerprint density at radius 2 is 1.64 bits per heavy atom. The van der Waals surface area contributed by atoms with Crippen LogP contribution in [0.2, 0.25) is 0 Å². The number of carbonyl (C=O) groups is 2. The molecule has 2 rings (SSSR count). The number of hydrogen-bond donors (Lipinski definition) is 3. The van der Waals surface area contributed by atoms with E-state index in [4.69, 9.17) is 44.5 Å². The van der Waals surface area contributed by atoms with Gasteiger partial charge in [-0.3, -0.25) is 0 Å². The van der Waals surface area contributed by atoms with E-state index in [9.17, 15) is 0 Å². The molecule has 2 fully saturated rings. The highest BCUT2D eigenvalue weighted by Crippen LogP contribution is 2.38. The molecule has 9 heteroatoms. The molecular weight excluding hydrogens is 334 g/mol. The average Bonchev–Trinajstić information content (AvgIpc) is 2.90. The van der Waals surface area contributed by atoms with E-state index >= 15 is 0 Å². The summed E-state index contributed by atoms with van der Waals surface area (Å²) in [5.41, 5.74) is 5.96. The minimum atomic E-state index is -1.82. The van der Waals surface area contributed by atoms with Crippen molar-refractivity contribution in [2.75, 3.05) is 13.2 Å².